The van der Waals surface area contributed by atoms with Crippen LogP contribution in [0.15, 0.2) is 82.4 Å². The van der Waals surface area contributed by atoms with Crippen LogP contribution < -0.4 is 10.9 Å². The van der Waals surface area contributed by atoms with E-state index in [2.05, 4.69) is 10.4 Å². The molecule has 7 nitrogen and oxygen atoms in total. The Bertz CT molecular complexity index is 1180. The zero-order chi connectivity index (χ0) is 19.5. The van der Waals surface area contributed by atoms with Gasteiger partial charge in [-0.05, 0) is 42.5 Å². The lowest BCUT2D eigenvalue weighted by atomic mass is 10.2. The number of furan rings is 1. The Morgan fingerprint density at radius 2 is 2.00 bits per heavy atom. The predicted octanol–water partition coefficient (Wildman–Crippen LogP) is 3.58. The smallest absolute Gasteiger partial charge is 0.291 e. The molecular weight excluding hydrogens is 380 g/mol. The van der Waals surface area contributed by atoms with Crippen molar-refractivity contribution in [3.63, 3.8) is 0 Å². The van der Waals surface area contributed by atoms with E-state index in [0.29, 0.717) is 22.2 Å². The molecule has 0 aliphatic carbocycles. The Labute approximate surface area is 164 Å². The van der Waals surface area contributed by atoms with Gasteiger partial charge in [0.25, 0.3) is 11.5 Å². The van der Waals surface area contributed by atoms with Gasteiger partial charge in [0.1, 0.15) is 5.76 Å². The van der Waals surface area contributed by atoms with Gasteiger partial charge in [-0.25, -0.2) is 4.68 Å². The Kier molecular flexibility index (Phi) is 4.82. The molecule has 4 rings (SSSR count). The first-order valence-corrected chi connectivity index (χ1v) is 8.83. The van der Waals surface area contributed by atoms with E-state index in [1.807, 2.05) is 0 Å². The van der Waals surface area contributed by atoms with Gasteiger partial charge < -0.3 is 14.3 Å². The molecule has 8 heteroatoms. The zero-order valence-electron chi connectivity index (χ0n) is 14.6. The van der Waals surface area contributed by atoms with Crippen LogP contribution in [0.4, 0.5) is 5.69 Å². The molecule has 0 radical (unpaired) electrons. The third-order valence-corrected chi connectivity index (χ3v) is 4.30. The highest BCUT2D eigenvalue weighted by Gasteiger charge is 2.15. The summed E-state index contributed by atoms with van der Waals surface area (Å²) in [6, 6.07) is 15.0. The van der Waals surface area contributed by atoms with E-state index in [1.165, 1.54) is 10.6 Å². The van der Waals surface area contributed by atoms with E-state index in [0.717, 1.165) is 0 Å². The first-order valence-electron chi connectivity index (χ1n) is 8.45. The van der Waals surface area contributed by atoms with Crippen molar-refractivity contribution in [3.8, 4) is 5.69 Å². The Morgan fingerprint density at radius 3 is 2.79 bits per heavy atom. The summed E-state index contributed by atoms with van der Waals surface area (Å²) in [6.45, 7) is 0.242. The number of hydrogen-bond donors (Lipinski definition) is 1. The predicted molar refractivity (Wildman–Crippen MR) is 105 cm³/mol. The van der Waals surface area contributed by atoms with Crippen molar-refractivity contribution in [3.05, 3.63) is 100 Å². The molecule has 0 bridgehead atoms. The number of nitrogens with zero attached hydrogens (tertiary/aromatic N) is 3. The number of rotatable bonds is 5. The number of nitrogens with one attached hydrogen (secondary N) is 1. The van der Waals surface area contributed by atoms with Gasteiger partial charge in [-0.2, -0.15) is 5.10 Å². The molecule has 140 valence electrons. The molecule has 1 aromatic carbocycles. The summed E-state index contributed by atoms with van der Waals surface area (Å²) in [4.78, 5) is 24.4. The van der Waals surface area contributed by atoms with Crippen molar-refractivity contribution in [2.75, 3.05) is 5.32 Å². The third-order valence-electron chi connectivity index (χ3n) is 4.07. The lowest BCUT2D eigenvalue weighted by molar-refractivity contribution is 0.0994. The minimum atomic E-state index is -0.414. The number of hydrogen-bond acceptors (Lipinski definition) is 4. The van der Waals surface area contributed by atoms with E-state index in [1.54, 1.807) is 71.8 Å². The molecule has 3 heterocycles. The molecule has 0 aliphatic rings. The van der Waals surface area contributed by atoms with E-state index >= 15 is 0 Å². The molecule has 0 aliphatic heterocycles. The van der Waals surface area contributed by atoms with Gasteiger partial charge in [-0.3, -0.25) is 9.59 Å². The quantitative estimate of drug-likeness (QED) is 0.561. The Morgan fingerprint density at radius 1 is 1.11 bits per heavy atom. The highest BCUT2D eigenvalue weighted by Crippen LogP contribution is 2.24. The van der Waals surface area contributed by atoms with E-state index in [-0.39, 0.29) is 17.9 Å². The van der Waals surface area contributed by atoms with Crippen molar-refractivity contribution in [2.45, 2.75) is 6.54 Å². The summed E-state index contributed by atoms with van der Waals surface area (Å²) in [5, 5.41) is 7.51. The molecule has 0 unspecified atom stereocenters. The van der Waals surface area contributed by atoms with Crippen LogP contribution in [0.2, 0.25) is 5.02 Å². The largest absolute Gasteiger partial charge is 0.454 e. The van der Waals surface area contributed by atoms with Gasteiger partial charge in [-0.15, -0.1) is 0 Å². The molecule has 28 heavy (non-hydrogen) atoms. The van der Waals surface area contributed by atoms with Crippen LogP contribution >= 0.6 is 11.6 Å². The van der Waals surface area contributed by atoms with E-state index < -0.39 is 5.91 Å². The number of benzene rings is 1. The number of carbonyl (C=O) groups is 1. The normalized spacial score (nSPS) is 10.8. The van der Waals surface area contributed by atoms with Crippen molar-refractivity contribution >= 4 is 23.2 Å². The summed E-state index contributed by atoms with van der Waals surface area (Å²) < 4.78 is 8.71. The second-order valence-electron chi connectivity index (χ2n) is 6.00. The average molecular weight is 395 g/mol. The van der Waals surface area contributed by atoms with Crippen molar-refractivity contribution in [2.24, 2.45) is 0 Å². The van der Waals surface area contributed by atoms with Gasteiger partial charge in [0.2, 0.25) is 0 Å². The monoisotopic (exact) mass is 394 g/mol. The minimum Gasteiger partial charge on any atom is -0.454 e. The van der Waals surface area contributed by atoms with Crippen molar-refractivity contribution in [1.29, 1.82) is 0 Å². The second-order valence-corrected chi connectivity index (χ2v) is 6.44. The minimum absolute atomic E-state index is 0.139. The Hall–Kier alpha value is -3.58. The van der Waals surface area contributed by atoms with Crippen LogP contribution in [0.5, 0.6) is 0 Å². The summed E-state index contributed by atoms with van der Waals surface area (Å²) in [6.07, 6.45) is 5.05. The Balaban J connectivity index is 1.55. The fourth-order valence-corrected chi connectivity index (χ4v) is 2.91. The van der Waals surface area contributed by atoms with Crippen LogP contribution in [-0.4, -0.2) is 20.3 Å². The first-order chi connectivity index (χ1) is 13.6. The molecule has 1 amide bonds. The van der Waals surface area contributed by atoms with E-state index in [4.69, 9.17) is 16.0 Å². The highest BCUT2D eigenvalue weighted by atomic mass is 35.5. The van der Waals surface area contributed by atoms with Gasteiger partial charge in [-0.1, -0.05) is 17.7 Å². The number of amides is 1. The fourth-order valence-electron chi connectivity index (χ4n) is 2.74. The molecule has 0 fully saturated rings. The number of aromatic nitrogens is 3. The van der Waals surface area contributed by atoms with E-state index in [9.17, 15) is 9.59 Å². The summed E-state index contributed by atoms with van der Waals surface area (Å²) >= 11 is 6.08. The SMILES string of the molecule is O=C(Nc1ccc(Cl)cc1-n1cccn1)c1ccc(Cn2ccccc2=O)o1. The van der Waals surface area contributed by atoms with Crippen LogP contribution in [-0.2, 0) is 6.54 Å². The maximum atomic E-state index is 12.6. The summed E-state index contributed by atoms with van der Waals surface area (Å²) in [7, 11) is 0. The van der Waals surface area contributed by atoms with Gasteiger partial charge >= 0.3 is 0 Å². The van der Waals surface area contributed by atoms with Crippen molar-refractivity contribution < 1.29 is 9.21 Å². The summed E-state index contributed by atoms with van der Waals surface area (Å²) in [5.41, 5.74) is 1.03. The third kappa shape index (κ3) is 3.74. The van der Waals surface area contributed by atoms with Gasteiger partial charge in [0.15, 0.2) is 5.76 Å². The molecule has 1 N–H and O–H groups in total. The second kappa shape index (κ2) is 7.58. The maximum Gasteiger partial charge on any atom is 0.291 e. The van der Waals surface area contributed by atoms with Gasteiger partial charge in [0, 0.05) is 29.7 Å². The molecular formula is C20H15ClN4O3. The number of pyridine rings is 1. The molecule has 0 spiro atoms. The molecule has 3 aromatic heterocycles. The molecule has 0 saturated heterocycles. The lowest BCUT2D eigenvalue weighted by Crippen LogP contribution is -2.18. The van der Waals surface area contributed by atoms with Crippen LogP contribution in [0.3, 0.4) is 0 Å². The van der Waals surface area contributed by atoms with Gasteiger partial charge in [0.05, 0.1) is 17.9 Å². The zero-order valence-corrected chi connectivity index (χ0v) is 15.3. The molecule has 0 saturated carbocycles. The standard InChI is InChI=1S/C20H15ClN4O3/c21-14-5-7-16(17(12-14)25-11-3-9-22-25)23-20(27)18-8-6-15(28-18)13-24-10-2-1-4-19(24)26/h1-12H,13H2,(H,23,27). The highest BCUT2D eigenvalue weighted by molar-refractivity contribution is 6.31. The topological polar surface area (TPSA) is 82.1 Å². The van der Waals surface area contributed by atoms with Crippen molar-refractivity contribution in [1.82, 2.24) is 14.3 Å². The fraction of sp³-hybridized carbons (Fsp3) is 0.0500. The first kappa shape index (κ1) is 17.8. The lowest BCUT2D eigenvalue weighted by Gasteiger charge is -2.11. The number of halogens is 1. The molecule has 0 atom stereocenters. The van der Waals surface area contributed by atoms with Crippen LogP contribution in [0.25, 0.3) is 5.69 Å². The van der Waals surface area contributed by atoms with Crippen LogP contribution in [0.1, 0.15) is 16.3 Å². The number of carbonyl (C=O) groups excluding carboxylic acids is 1. The summed E-state index contributed by atoms with van der Waals surface area (Å²) in [5.74, 6) is 0.226. The average Bonchev–Trinajstić information content (AvgIpc) is 3.37. The molecule has 4 aromatic rings. The maximum absolute atomic E-state index is 12.6. The number of anilines is 1. The van der Waals surface area contributed by atoms with Crippen LogP contribution in [0, 0.1) is 0 Å².